The summed E-state index contributed by atoms with van der Waals surface area (Å²) < 4.78 is 0. The van der Waals surface area contributed by atoms with Crippen molar-refractivity contribution in [3.8, 4) is 11.4 Å². The van der Waals surface area contributed by atoms with Gasteiger partial charge in [0, 0.05) is 5.56 Å². The Kier molecular flexibility index (Phi) is 5.96. The molecular weight excluding hydrogens is 338 g/mol. The van der Waals surface area contributed by atoms with E-state index in [2.05, 4.69) is 65.8 Å². The van der Waals surface area contributed by atoms with Gasteiger partial charge in [-0.05, 0) is 28.7 Å². The lowest BCUT2D eigenvalue weighted by atomic mass is 9.95. The number of nitrogens with one attached hydrogen (secondary N) is 1. The van der Waals surface area contributed by atoms with Gasteiger partial charge >= 0.3 is 0 Å². The molecule has 0 radical (unpaired) electrons. The van der Waals surface area contributed by atoms with E-state index < -0.39 is 0 Å². The number of aryl methyl sites for hydroxylation is 1. The summed E-state index contributed by atoms with van der Waals surface area (Å²) in [5.74, 6) is 0.647. The van der Waals surface area contributed by atoms with Crippen molar-refractivity contribution in [3.05, 3.63) is 65.7 Å². The van der Waals surface area contributed by atoms with Gasteiger partial charge in [0.05, 0.1) is 6.04 Å². The SMILES string of the molecule is CCc1ccc([C@@H](NC(=O)Cn2nnc(-c3ccccc3)n2)C(C)C)cc1. The zero-order valence-electron chi connectivity index (χ0n) is 16.0. The van der Waals surface area contributed by atoms with Crippen LogP contribution >= 0.6 is 0 Å². The fraction of sp³-hybridized carbons (Fsp3) is 0.333. The molecule has 0 aliphatic carbocycles. The van der Waals surface area contributed by atoms with Crippen LogP contribution in [0, 0.1) is 5.92 Å². The summed E-state index contributed by atoms with van der Waals surface area (Å²) in [5.41, 5.74) is 3.26. The van der Waals surface area contributed by atoms with Crippen LogP contribution < -0.4 is 5.32 Å². The van der Waals surface area contributed by atoms with Gasteiger partial charge in [-0.2, -0.15) is 4.80 Å². The monoisotopic (exact) mass is 363 g/mol. The number of carbonyl (C=O) groups excluding carboxylic acids is 1. The molecule has 6 heteroatoms. The lowest BCUT2D eigenvalue weighted by Gasteiger charge is -2.23. The van der Waals surface area contributed by atoms with Gasteiger partial charge in [0.15, 0.2) is 0 Å². The van der Waals surface area contributed by atoms with E-state index in [4.69, 9.17) is 0 Å². The topological polar surface area (TPSA) is 72.7 Å². The van der Waals surface area contributed by atoms with Gasteiger partial charge in [-0.1, -0.05) is 75.4 Å². The maximum atomic E-state index is 12.5. The molecule has 0 bridgehead atoms. The standard InChI is InChI=1S/C21H25N5O/c1-4-16-10-12-17(13-11-16)20(15(2)3)22-19(27)14-26-24-21(23-25-26)18-8-6-5-7-9-18/h5-13,15,20H,4,14H2,1-3H3,(H,22,27)/t20-/m0/s1. The highest BCUT2D eigenvalue weighted by Gasteiger charge is 2.19. The highest BCUT2D eigenvalue weighted by Crippen LogP contribution is 2.22. The molecule has 1 heterocycles. The minimum absolute atomic E-state index is 0.0378. The van der Waals surface area contributed by atoms with Gasteiger partial charge in [0.2, 0.25) is 11.7 Å². The number of carbonyl (C=O) groups is 1. The van der Waals surface area contributed by atoms with Crippen molar-refractivity contribution in [1.82, 2.24) is 25.5 Å². The molecule has 1 amide bonds. The fourth-order valence-electron chi connectivity index (χ4n) is 2.96. The van der Waals surface area contributed by atoms with E-state index in [0.717, 1.165) is 17.5 Å². The molecule has 0 unspecified atom stereocenters. The molecule has 0 aliphatic heterocycles. The number of amides is 1. The average Bonchev–Trinajstić information content (AvgIpc) is 3.15. The number of tetrazole rings is 1. The molecule has 0 saturated carbocycles. The van der Waals surface area contributed by atoms with Crippen molar-refractivity contribution in [1.29, 1.82) is 0 Å². The summed E-state index contributed by atoms with van der Waals surface area (Å²) in [6.07, 6.45) is 1.00. The Bertz CT molecular complexity index is 871. The first-order valence-electron chi connectivity index (χ1n) is 9.28. The Morgan fingerprint density at radius 3 is 2.41 bits per heavy atom. The number of hydrogen-bond donors (Lipinski definition) is 1. The molecule has 0 saturated heterocycles. The highest BCUT2D eigenvalue weighted by molar-refractivity contribution is 5.76. The zero-order valence-corrected chi connectivity index (χ0v) is 16.0. The molecule has 1 atom stereocenters. The first-order valence-corrected chi connectivity index (χ1v) is 9.28. The summed E-state index contributed by atoms with van der Waals surface area (Å²) in [6, 6.07) is 17.9. The van der Waals surface area contributed by atoms with Crippen LogP contribution in [0.25, 0.3) is 11.4 Å². The lowest BCUT2D eigenvalue weighted by molar-refractivity contribution is -0.123. The molecule has 6 nitrogen and oxygen atoms in total. The van der Waals surface area contributed by atoms with Gasteiger partial charge in [-0.25, -0.2) is 0 Å². The number of nitrogens with zero attached hydrogens (tertiary/aromatic N) is 4. The number of hydrogen-bond acceptors (Lipinski definition) is 4. The van der Waals surface area contributed by atoms with Crippen molar-refractivity contribution in [2.45, 2.75) is 39.8 Å². The third-order valence-electron chi connectivity index (χ3n) is 4.50. The Morgan fingerprint density at radius 1 is 1.07 bits per heavy atom. The highest BCUT2D eigenvalue weighted by atomic mass is 16.2. The zero-order chi connectivity index (χ0) is 19.2. The largest absolute Gasteiger partial charge is 0.347 e. The van der Waals surface area contributed by atoms with Gasteiger partial charge in [0.1, 0.15) is 6.54 Å². The molecule has 27 heavy (non-hydrogen) atoms. The molecule has 140 valence electrons. The van der Waals surface area contributed by atoms with Crippen molar-refractivity contribution < 1.29 is 4.79 Å². The molecule has 0 spiro atoms. The minimum Gasteiger partial charge on any atom is -0.347 e. The number of aromatic nitrogens is 4. The van der Waals surface area contributed by atoms with Gasteiger partial charge < -0.3 is 5.32 Å². The van der Waals surface area contributed by atoms with Crippen molar-refractivity contribution in [2.75, 3.05) is 0 Å². The average molecular weight is 363 g/mol. The maximum Gasteiger partial charge on any atom is 0.244 e. The minimum atomic E-state index is -0.134. The first kappa shape index (κ1) is 18.8. The molecule has 2 aromatic carbocycles. The van der Waals surface area contributed by atoms with Crippen LogP contribution in [0.1, 0.15) is 37.9 Å². The summed E-state index contributed by atoms with van der Waals surface area (Å²) in [4.78, 5) is 13.9. The Hall–Kier alpha value is -3.02. The van der Waals surface area contributed by atoms with Crippen LogP contribution in [0.5, 0.6) is 0 Å². The summed E-state index contributed by atoms with van der Waals surface area (Å²) in [7, 11) is 0. The van der Waals surface area contributed by atoms with E-state index in [-0.39, 0.29) is 24.4 Å². The Labute approximate surface area is 159 Å². The summed E-state index contributed by atoms with van der Waals surface area (Å²) in [6.45, 7) is 6.36. The van der Waals surface area contributed by atoms with Crippen molar-refractivity contribution >= 4 is 5.91 Å². The van der Waals surface area contributed by atoms with E-state index in [1.54, 1.807) is 0 Å². The summed E-state index contributed by atoms with van der Waals surface area (Å²) >= 11 is 0. The van der Waals surface area contributed by atoms with E-state index in [1.165, 1.54) is 10.4 Å². The van der Waals surface area contributed by atoms with Crippen LogP contribution in [-0.2, 0) is 17.8 Å². The van der Waals surface area contributed by atoms with E-state index in [0.29, 0.717) is 5.82 Å². The molecule has 0 fully saturated rings. The van der Waals surface area contributed by atoms with Crippen LogP contribution in [0.3, 0.4) is 0 Å². The fourth-order valence-corrected chi connectivity index (χ4v) is 2.96. The van der Waals surface area contributed by atoms with E-state index in [9.17, 15) is 4.79 Å². The quantitative estimate of drug-likeness (QED) is 0.698. The second-order valence-corrected chi connectivity index (χ2v) is 6.89. The molecule has 3 aromatic rings. The smallest absolute Gasteiger partial charge is 0.244 e. The van der Waals surface area contributed by atoms with Crippen LogP contribution in [0.2, 0.25) is 0 Å². The van der Waals surface area contributed by atoms with Crippen LogP contribution in [0.4, 0.5) is 0 Å². The second kappa shape index (κ2) is 8.58. The molecular formula is C21H25N5O. The number of rotatable bonds is 7. The van der Waals surface area contributed by atoms with Crippen LogP contribution in [0.15, 0.2) is 54.6 Å². The van der Waals surface area contributed by atoms with E-state index >= 15 is 0 Å². The third kappa shape index (κ3) is 4.78. The van der Waals surface area contributed by atoms with Gasteiger partial charge in [-0.3, -0.25) is 4.79 Å². The maximum absolute atomic E-state index is 12.5. The van der Waals surface area contributed by atoms with Gasteiger partial charge in [-0.15, -0.1) is 10.2 Å². The third-order valence-corrected chi connectivity index (χ3v) is 4.50. The van der Waals surface area contributed by atoms with Crippen molar-refractivity contribution in [2.24, 2.45) is 5.92 Å². The first-order chi connectivity index (χ1) is 13.1. The molecule has 1 N–H and O–H groups in total. The van der Waals surface area contributed by atoms with Gasteiger partial charge in [0.25, 0.3) is 0 Å². The molecule has 1 aromatic heterocycles. The number of benzene rings is 2. The van der Waals surface area contributed by atoms with Crippen LogP contribution in [-0.4, -0.2) is 26.1 Å². The Balaban J connectivity index is 1.67. The van der Waals surface area contributed by atoms with Crippen molar-refractivity contribution in [3.63, 3.8) is 0 Å². The second-order valence-electron chi connectivity index (χ2n) is 6.89. The van der Waals surface area contributed by atoms with E-state index in [1.807, 2.05) is 30.3 Å². The Morgan fingerprint density at radius 2 is 1.78 bits per heavy atom. The lowest BCUT2D eigenvalue weighted by Crippen LogP contribution is -2.34. The predicted molar refractivity (Wildman–Crippen MR) is 105 cm³/mol. The summed E-state index contributed by atoms with van der Waals surface area (Å²) in [5, 5.41) is 15.4. The molecule has 0 aliphatic rings. The normalized spacial score (nSPS) is 12.1. The predicted octanol–water partition coefficient (Wildman–Crippen LogP) is 3.42. The molecule has 3 rings (SSSR count).